The topological polar surface area (TPSA) is 79.1 Å². The molecule has 4 aromatic rings. The lowest BCUT2D eigenvalue weighted by Gasteiger charge is -2.29. The van der Waals surface area contributed by atoms with Gasteiger partial charge in [-0.25, -0.2) is 4.98 Å². The van der Waals surface area contributed by atoms with Crippen molar-refractivity contribution in [3.63, 3.8) is 0 Å². The highest BCUT2D eigenvalue weighted by atomic mass is 35.5. The van der Waals surface area contributed by atoms with Crippen LogP contribution in [0, 0.1) is 6.92 Å². The van der Waals surface area contributed by atoms with E-state index in [1.807, 2.05) is 36.7 Å². The molecule has 2 N–H and O–H groups in total. The minimum atomic E-state index is -0.181. The summed E-state index contributed by atoms with van der Waals surface area (Å²) in [6, 6.07) is 17.6. The fraction of sp³-hybridized carbons (Fsp3) is 0.375. The van der Waals surface area contributed by atoms with Gasteiger partial charge >= 0.3 is 0 Å². The third-order valence-electron chi connectivity index (χ3n) is 7.47. The predicted octanol–water partition coefficient (Wildman–Crippen LogP) is 5.55. The summed E-state index contributed by atoms with van der Waals surface area (Å²) in [5.41, 5.74) is 5.67. The Kier molecular flexibility index (Phi) is 8.74. The molecule has 2 atom stereocenters. The predicted molar refractivity (Wildman–Crippen MR) is 159 cm³/mol. The van der Waals surface area contributed by atoms with Crippen LogP contribution in [0.2, 0.25) is 5.02 Å². The van der Waals surface area contributed by atoms with Gasteiger partial charge in [0, 0.05) is 42.1 Å². The molecule has 40 heavy (non-hydrogen) atoms. The van der Waals surface area contributed by atoms with Gasteiger partial charge in [-0.1, -0.05) is 41.9 Å². The van der Waals surface area contributed by atoms with Gasteiger partial charge in [-0.15, -0.1) is 0 Å². The molecule has 0 saturated carbocycles. The third-order valence-corrected chi connectivity index (χ3v) is 7.76. The highest BCUT2D eigenvalue weighted by molar-refractivity contribution is 6.32. The lowest BCUT2D eigenvalue weighted by molar-refractivity contribution is 0.0912. The lowest BCUT2D eigenvalue weighted by Crippen LogP contribution is -2.47. The maximum atomic E-state index is 13.3. The molecular weight excluding hydrogens is 524 g/mol. The molecule has 5 rings (SSSR count). The van der Waals surface area contributed by atoms with Gasteiger partial charge in [0.15, 0.2) is 0 Å². The van der Waals surface area contributed by atoms with Crippen molar-refractivity contribution in [1.82, 2.24) is 19.6 Å². The second-order valence-corrected chi connectivity index (χ2v) is 11.3. The van der Waals surface area contributed by atoms with Crippen LogP contribution in [0.4, 0.5) is 0 Å². The number of carbonyl (C=O) groups is 1. The zero-order chi connectivity index (χ0) is 28.2. The van der Waals surface area contributed by atoms with Gasteiger partial charge in [0.05, 0.1) is 23.4 Å². The summed E-state index contributed by atoms with van der Waals surface area (Å²) >= 11 is 6.41. The molecule has 0 aliphatic carbocycles. The molecule has 8 heteroatoms. The molecule has 1 amide bonds. The number of pyridine rings is 1. The Labute approximate surface area is 240 Å². The van der Waals surface area contributed by atoms with Crippen molar-refractivity contribution in [2.45, 2.75) is 58.2 Å². The van der Waals surface area contributed by atoms with Crippen LogP contribution < -0.4 is 10.1 Å². The molecule has 7 nitrogen and oxygen atoms in total. The number of aromatic nitrogens is 2. The summed E-state index contributed by atoms with van der Waals surface area (Å²) in [5, 5.41) is 13.5. The van der Waals surface area contributed by atoms with Gasteiger partial charge < -0.3 is 19.6 Å². The first-order valence-electron chi connectivity index (χ1n) is 14.0. The fourth-order valence-corrected chi connectivity index (χ4v) is 5.66. The van der Waals surface area contributed by atoms with Crippen LogP contribution in [-0.4, -0.2) is 63.2 Å². The Balaban J connectivity index is 1.33. The van der Waals surface area contributed by atoms with E-state index in [2.05, 4.69) is 47.5 Å². The SMILES string of the molecule is Cc1cccn2cc(-c3ccc(C[C@@H](CN4CCC[C@@H]4CO)NC(=O)c4ccc(OC(C)C)c(Cl)c4)cc3)nc12. The molecule has 2 aromatic heterocycles. The largest absolute Gasteiger partial charge is 0.489 e. The monoisotopic (exact) mass is 560 g/mol. The van der Waals surface area contributed by atoms with E-state index >= 15 is 0 Å². The van der Waals surface area contributed by atoms with Crippen molar-refractivity contribution in [3.05, 3.63) is 88.7 Å². The van der Waals surface area contributed by atoms with Crippen molar-refractivity contribution in [2.75, 3.05) is 19.7 Å². The number of imidazole rings is 1. The number of halogens is 1. The number of nitrogens with zero attached hydrogens (tertiary/aromatic N) is 3. The molecule has 1 fully saturated rings. The first-order valence-corrected chi connectivity index (χ1v) is 14.3. The Hall–Kier alpha value is -3.39. The number of fused-ring (bicyclic) bond motifs is 1. The number of aliphatic hydroxyl groups excluding tert-OH is 1. The smallest absolute Gasteiger partial charge is 0.251 e. The zero-order valence-electron chi connectivity index (χ0n) is 23.3. The second kappa shape index (κ2) is 12.4. The summed E-state index contributed by atoms with van der Waals surface area (Å²) in [5.74, 6) is 0.382. The zero-order valence-corrected chi connectivity index (χ0v) is 24.1. The first-order chi connectivity index (χ1) is 19.3. The van der Waals surface area contributed by atoms with Crippen LogP contribution in [0.1, 0.15) is 48.2 Å². The van der Waals surface area contributed by atoms with Crippen LogP contribution in [0.15, 0.2) is 67.0 Å². The molecule has 1 saturated heterocycles. The maximum absolute atomic E-state index is 13.3. The van der Waals surface area contributed by atoms with Crippen molar-refractivity contribution < 1.29 is 14.6 Å². The van der Waals surface area contributed by atoms with Crippen molar-refractivity contribution in [3.8, 4) is 17.0 Å². The van der Waals surface area contributed by atoms with Crippen LogP contribution in [-0.2, 0) is 6.42 Å². The minimum Gasteiger partial charge on any atom is -0.489 e. The van der Waals surface area contributed by atoms with Crippen LogP contribution in [0.5, 0.6) is 5.75 Å². The summed E-state index contributed by atoms with van der Waals surface area (Å²) in [7, 11) is 0. The van der Waals surface area contributed by atoms with E-state index in [0.29, 0.717) is 29.3 Å². The Morgan fingerprint density at radius 2 is 2.00 bits per heavy atom. The molecule has 3 heterocycles. The highest BCUT2D eigenvalue weighted by Crippen LogP contribution is 2.27. The Morgan fingerprint density at radius 1 is 1.20 bits per heavy atom. The number of likely N-dealkylation sites (tertiary alicyclic amines) is 1. The van der Waals surface area contributed by atoms with Gasteiger partial charge in [-0.3, -0.25) is 9.69 Å². The van der Waals surface area contributed by atoms with Gasteiger partial charge in [-0.2, -0.15) is 0 Å². The van der Waals surface area contributed by atoms with Crippen molar-refractivity contribution in [2.24, 2.45) is 0 Å². The first kappa shape index (κ1) is 28.1. The van der Waals surface area contributed by atoms with E-state index in [0.717, 1.165) is 47.4 Å². The average Bonchev–Trinajstić information content (AvgIpc) is 3.57. The quantitative estimate of drug-likeness (QED) is 0.266. The Bertz CT molecular complexity index is 1470. The van der Waals surface area contributed by atoms with E-state index in [-0.39, 0.29) is 30.7 Å². The summed E-state index contributed by atoms with van der Waals surface area (Å²) < 4.78 is 7.76. The molecule has 2 aromatic carbocycles. The van der Waals surface area contributed by atoms with Gasteiger partial charge in [0.25, 0.3) is 5.91 Å². The van der Waals surface area contributed by atoms with E-state index in [4.69, 9.17) is 21.3 Å². The van der Waals surface area contributed by atoms with E-state index in [9.17, 15) is 9.90 Å². The van der Waals surface area contributed by atoms with Crippen LogP contribution in [0.3, 0.4) is 0 Å². The van der Waals surface area contributed by atoms with E-state index in [1.165, 1.54) is 0 Å². The van der Waals surface area contributed by atoms with Crippen LogP contribution in [0.25, 0.3) is 16.9 Å². The number of carbonyl (C=O) groups excluding carboxylic acids is 1. The van der Waals surface area contributed by atoms with Crippen LogP contribution >= 0.6 is 11.6 Å². The number of nitrogens with one attached hydrogen (secondary N) is 1. The molecule has 0 radical (unpaired) electrons. The number of amides is 1. The molecular formula is C32H37ClN4O3. The van der Waals surface area contributed by atoms with Gasteiger partial charge in [0.1, 0.15) is 11.4 Å². The molecule has 210 valence electrons. The molecule has 0 bridgehead atoms. The average molecular weight is 561 g/mol. The third kappa shape index (κ3) is 6.49. The number of aliphatic hydroxyl groups is 1. The standard InChI is InChI=1S/C32H37ClN4O3/c1-21(2)40-30-13-12-25(17-28(30)33)32(39)34-26(18-36-14-5-7-27(36)20-38)16-23-8-10-24(11-9-23)29-19-37-15-4-6-22(3)31(37)35-29/h4,6,8-13,15,17,19,21,26-27,38H,5,7,14,16,18,20H2,1-3H3,(H,34,39)/t26-,27+/m0/s1. The van der Waals surface area contributed by atoms with Crippen molar-refractivity contribution >= 4 is 23.2 Å². The minimum absolute atomic E-state index is 0.00954. The number of hydrogen-bond acceptors (Lipinski definition) is 5. The Morgan fingerprint density at radius 3 is 2.70 bits per heavy atom. The molecule has 0 unspecified atom stereocenters. The molecule has 1 aliphatic heterocycles. The number of benzene rings is 2. The summed E-state index contributed by atoms with van der Waals surface area (Å²) in [6.45, 7) is 7.63. The highest BCUT2D eigenvalue weighted by Gasteiger charge is 2.27. The molecule has 0 spiro atoms. The number of hydrogen-bond donors (Lipinski definition) is 2. The fourth-order valence-electron chi connectivity index (χ4n) is 5.44. The number of ether oxygens (including phenoxy) is 1. The maximum Gasteiger partial charge on any atom is 0.251 e. The van der Waals surface area contributed by atoms with E-state index in [1.54, 1.807) is 18.2 Å². The van der Waals surface area contributed by atoms with Gasteiger partial charge in [0.2, 0.25) is 0 Å². The van der Waals surface area contributed by atoms with Crippen molar-refractivity contribution in [1.29, 1.82) is 0 Å². The summed E-state index contributed by atoms with van der Waals surface area (Å²) in [4.78, 5) is 20.4. The number of aryl methyl sites for hydroxylation is 1. The van der Waals surface area contributed by atoms with Gasteiger partial charge in [-0.05, 0) is 82.0 Å². The number of rotatable bonds is 10. The second-order valence-electron chi connectivity index (χ2n) is 10.9. The normalized spacial score (nSPS) is 16.5. The lowest BCUT2D eigenvalue weighted by atomic mass is 10.0. The summed E-state index contributed by atoms with van der Waals surface area (Å²) in [6.07, 6.45) is 6.73. The van der Waals surface area contributed by atoms with E-state index < -0.39 is 0 Å². The molecule has 1 aliphatic rings.